The molecule has 0 aliphatic heterocycles. The summed E-state index contributed by atoms with van der Waals surface area (Å²) in [5.74, 6) is 0. The van der Waals surface area contributed by atoms with Gasteiger partial charge in [-0.2, -0.15) is 0 Å². The van der Waals surface area contributed by atoms with Gasteiger partial charge in [0.2, 0.25) is 0 Å². The fourth-order valence-electron chi connectivity index (χ4n) is 2.91. The van der Waals surface area contributed by atoms with Gasteiger partial charge >= 0.3 is 0 Å². The molecule has 0 spiro atoms. The van der Waals surface area contributed by atoms with Crippen LogP contribution in [0, 0.1) is 0 Å². The molecule has 0 bridgehead atoms. The van der Waals surface area contributed by atoms with E-state index in [4.69, 9.17) is 4.74 Å². The lowest BCUT2D eigenvalue weighted by Crippen LogP contribution is -2.57. The Morgan fingerprint density at radius 2 is 2.05 bits per heavy atom. The van der Waals surface area contributed by atoms with Crippen molar-refractivity contribution in [1.29, 1.82) is 0 Å². The second kappa shape index (κ2) is 6.87. The Morgan fingerprint density at radius 3 is 2.53 bits per heavy atom. The molecule has 1 heterocycles. The van der Waals surface area contributed by atoms with Crippen LogP contribution in [0.15, 0.2) is 12.1 Å². The van der Waals surface area contributed by atoms with E-state index in [9.17, 15) is 0 Å². The maximum atomic E-state index is 5.88. The van der Waals surface area contributed by atoms with Crippen LogP contribution in [0.2, 0.25) is 0 Å². The van der Waals surface area contributed by atoms with Gasteiger partial charge in [-0.1, -0.05) is 13.8 Å². The van der Waals surface area contributed by atoms with E-state index in [0.29, 0.717) is 6.04 Å². The summed E-state index contributed by atoms with van der Waals surface area (Å²) in [6.45, 7) is 5.54. The molecule has 1 aliphatic carbocycles. The number of thiophene rings is 1. The van der Waals surface area contributed by atoms with Gasteiger partial charge in [0.15, 0.2) is 0 Å². The largest absolute Gasteiger partial charge is 0.377 e. The highest BCUT2D eigenvalue weighted by Crippen LogP contribution is 2.39. The average molecular weight is 281 g/mol. The highest BCUT2D eigenvalue weighted by molar-refractivity contribution is 7.11. The van der Waals surface area contributed by atoms with Crippen molar-refractivity contribution >= 4 is 11.3 Å². The lowest BCUT2D eigenvalue weighted by Gasteiger charge is -2.47. The highest BCUT2D eigenvalue weighted by Gasteiger charge is 2.44. The summed E-state index contributed by atoms with van der Waals surface area (Å²) in [7, 11) is 1.88. The van der Waals surface area contributed by atoms with E-state index >= 15 is 0 Å². The molecule has 108 valence electrons. The number of hydrogen-bond donors (Lipinski definition) is 1. The fraction of sp³-hybridized carbons (Fsp3) is 0.750. The highest BCUT2D eigenvalue weighted by atomic mass is 32.1. The molecule has 1 atom stereocenters. The molecule has 0 saturated heterocycles. The number of nitrogens with one attached hydrogen (secondary N) is 1. The minimum absolute atomic E-state index is 0.0888. The summed E-state index contributed by atoms with van der Waals surface area (Å²) >= 11 is 1.96. The Kier molecular flexibility index (Phi) is 5.43. The zero-order valence-corrected chi connectivity index (χ0v) is 13.3. The van der Waals surface area contributed by atoms with Crippen LogP contribution in [0.25, 0.3) is 0 Å². The third kappa shape index (κ3) is 3.39. The number of rotatable bonds is 8. The lowest BCUT2D eigenvalue weighted by molar-refractivity contribution is -0.0979. The third-order valence-corrected chi connectivity index (χ3v) is 5.61. The SMILES string of the molecule is CCCNC(Cc1ccc(CC)s1)C1(OC)CCC1. The van der Waals surface area contributed by atoms with E-state index in [1.54, 1.807) is 0 Å². The summed E-state index contributed by atoms with van der Waals surface area (Å²) in [6, 6.07) is 5.04. The van der Waals surface area contributed by atoms with Crippen molar-refractivity contribution < 1.29 is 4.74 Å². The molecule has 2 rings (SSSR count). The minimum atomic E-state index is 0.0888. The van der Waals surface area contributed by atoms with Crippen LogP contribution >= 0.6 is 11.3 Å². The lowest BCUT2D eigenvalue weighted by atomic mass is 9.73. The Morgan fingerprint density at radius 1 is 1.32 bits per heavy atom. The first kappa shape index (κ1) is 15.0. The van der Waals surface area contributed by atoms with Crippen molar-refractivity contribution in [3.8, 4) is 0 Å². The molecule has 19 heavy (non-hydrogen) atoms. The van der Waals surface area contributed by atoms with Gasteiger partial charge in [-0.15, -0.1) is 11.3 Å². The van der Waals surface area contributed by atoms with Crippen molar-refractivity contribution in [2.24, 2.45) is 0 Å². The van der Waals surface area contributed by atoms with Gasteiger partial charge in [0, 0.05) is 22.9 Å². The van der Waals surface area contributed by atoms with E-state index in [1.807, 2.05) is 18.4 Å². The van der Waals surface area contributed by atoms with E-state index < -0.39 is 0 Å². The first-order chi connectivity index (χ1) is 9.24. The van der Waals surface area contributed by atoms with Gasteiger partial charge in [0.1, 0.15) is 0 Å². The second-order valence-electron chi connectivity index (χ2n) is 5.55. The molecular weight excluding hydrogens is 254 g/mol. The predicted molar refractivity (Wildman–Crippen MR) is 83.1 cm³/mol. The number of methoxy groups -OCH3 is 1. The van der Waals surface area contributed by atoms with Gasteiger partial charge < -0.3 is 10.1 Å². The molecule has 2 nitrogen and oxygen atoms in total. The molecule has 0 aromatic carbocycles. The first-order valence-electron chi connectivity index (χ1n) is 7.60. The summed E-state index contributed by atoms with van der Waals surface area (Å²) in [4.78, 5) is 2.98. The molecule has 3 heteroatoms. The Balaban J connectivity index is 2.04. The zero-order chi connectivity index (χ0) is 13.7. The quantitative estimate of drug-likeness (QED) is 0.783. The zero-order valence-electron chi connectivity index (χ0n) is 12.5. The summed E-state index contributed by atoms with van der Waals surface area (Å²) in [5, 5.41) is 3.72. The minimum Gasteiger partial charge on any atom is -0.377 e. The number of hydrogen-bond acceptors (Lipinski definition) is 3. The second-order valence-corrected chi connectivity index (χ2v) is 6.81. The Labute approximate surface area is 121 Å². The van der Waals surface area contributed by atoms with Crippen molar-refractivity contribution in [2.45, 2.75) is 64.0 Å². The molecule has 1 aliphatic rings. The molecular formula is C16H27NOS. The summed E-state index contributed by atoms with van der Waals surface area (Å²) in [6.07, 6.45) is 7.16. The van der Waals surface area contributed by atoms with Crippen LogP contribution < -0.4 is 5.32 Å². The molecule has 1 N–H and O–H groups in total. The van der Waals surface area contributed by atoms with E-state index in [2.05, 4.69) is 31.3 Å². The van der Waals surface area contributed by atoms with E-state index in [1.165, 1.54) is 35.4 Å². The molecule has 1 fully saturated rings. The van der Waals surface area contributed by atoms with Gasteiger partial charge in [-0.05, 0) is 57.2 Å². The van der Waals surface area contributed by atoms with Gasteiger partial charge in [0.25, 0.3) is 0 Å². The maximum Gasteiger partial charge on any atom is 0.0834 e. The van der Waals surface area contributed by atoms with Crippen LogP contribution in [-0.4, -0.2) is 25.3 Å². The third-order valence-electron chi connectivity index (χ3n) is 4.35. The molecule has 0 radical (unpaired) electrons. The van der Waals surface area contributed by atoms with Crippen LogP contribution in [0.1, 0.15) is 49.3 Å². The number of aryl methyl sites for hydroxylation is 1. The first-order valence-corrected chi connectivity index (χ1v) is 8.42. The summed E-state index contributed by atoms with van der Waals surface area (Å²) in [5.41, 5.74) is 0.0888. The topological polar surface area (TPSA) is 21.3 Å². The number of ether oxygens (including phenoxy) is 1. The van der Waals surface area contributed by atoms with Crippen molar-refractivity contribution in [1.82, 2.24) is 5.32 Å². The van der Waals surface area contributed by atoms with E-state index in [0.717, 1.165) is 19.4 Å². The molecule has 0 amide bonds. The normalized spacial score (nSPS) is 19.1. The van der Waals surface area contributed by atoms with Crippen LogP contribution in [0.4, 0.5) is 0 Å². The Hall–Kier alpha value is -0.380. The molecule has 1 aromatic heterocycles. The summed E-state index contributed by atoms with van der Waals surface area (Å²) < 4.78 is 5.88. The van der Waals surface area contributed by atoms with Crippen LogP contribution in [0.3, 0.4) is 0 Å². The molecule has 1 unspecified atom stereocenters. The van der Waals surface area contributed by atoms with Crippen molar-refractivity contribution in [3.63, 3.8) is 0 Å². The monoisotopic (exact) mass is 281 g/mol. The molecule has 1 aromatic rings. The maximum absolute atomic E-state index is 5.88. The van der Waals surface area contributed by atoms with Crippen molar-refractivity contribution in [2.75, 3.05) is 13.7 Å². The van der Waals surface area contributed by atoms with Crippen molar-refractivity contribution in [3.05, 3.63) is 21.9 Å². The van der Waals surface area contributed by atoms with Gasteiger partial charge in [0.05, 0.1) is 5.60 Å². The smallest absolute Gasteiger partial charge is 0.0834 e. The average Bonchev–Trinajstić information content (AvgIpc) is 2.82. The standard InChI is InChI=1S/C16H27NOS/c1-4-11-17-15(16(18-3)9-6-10-16)12-14-8-7-13(5-2)19-14/h7-8,15,17H,4-6,9-12H2,1-3H3. The van der Waals surface area contributed by atoms with Gasteiger partial charge in [-0.3, -0.25) is 0 Å². The van der Waals surface area contributed by atoms with Gasteiger partial charge in [-0.25, -0.2) is 0 Å². The van der Waals surface area contributed by atoms with Crippen LogP contribution in [-0.2, 0) is 17.6 Å². The van der Waals surface area contributed by atoms with E-state index in [-0.39, 0.29) is 5.60 Å². The fourth-order valence-corrected chi connectivity index (χ4v) is 3.91. The Bertz CT molecular complexity index is 378. The predicted octanol–water partition coefficient (Wildman–Crippen LogP) is 3.79. The van der Waals surface area contributed by atoms with Crippen LogP contribution in [0.5, 0.6) is 0 Å². The molecule has 1 saturated carbocycles.